The molecule has 0 amide bonds. The predicted octanol–water partition coefficient (Wildman–Crippen LogP) is 3.11. The van der Waals surface area contributed by atoms with Gasteiger partial charge in [0.05, 0.1) is 18.3 Å². The number of hydrogen-bond donors (Lipinski definition) is 0. The average Bonchev–Trinajstić information content (AvgIpc) is 2.93. The lowest BCUT2D eigenvalue weighted by Crippen LogP contribution is -2.18. The maximum Gasteiger partial charge on any atom is 0.207 e. The van der Waals surface area contributed by atoms with Gasteiger partial charge in [-0.3, -0.25) is 9.48 Å². The van der Waals surface area contributed by atoms with Crippen molar-refractivity contribution in [1.82, 2.24) is 9.78 Å². The van der Waals surface area contributed by atoms with E-state index in [1.54, 1.807) is 0 Å². The molecule has 0 aliphatic carbocycles. The molecule has 2 aromatic carbocycles. The summed E-state index contributed by atoms with van der Waals surface area (Å²) in [6.07, 6.45) is 2.48. The first-order valence-electron chi connectivity index (χ1n) is 7.01. The Labute approximate surface area is 126 Å². The van der Waals surface area contributed by atoms with Gasteiger partial charge in [0, 0.05) is 15.5 Å². The maximum absolute atomic E-state index is 11.9. The third kappa shape index (κ3) is 2.25. The Bertz CT molecular complexity index is 847. The van der Waals surface area contributed by atoms with E-state index in [1.165, 1.54) is 16.7 Å². The van der Waals surface area contributed by atoms with E-state index in [0.717, 1.165) is 23.9 Å². The second-order valence-electron chi connectivity index (χ2n) is 5.26. The van der Waals surface area contributed by atoms with Crippen LogP contribution in [0.25, 0.3) is 10.9 Å². The summed E-state index contributed by atoms with van der Waals surface area (Å²) in [6, 6.07) is 16.2. The zero-order chi connectivity index (χ0) is 14.2. The summed E-state index contributed by atoms with van der Waals surface area (Å²) in [5.41, 5.74) is 2.32. The van der Waals surface area contributed by atoms with E-state index in [2.05, 4.69) is 29.4 Å². The van der Waals surface area contributed by atoms with E-state index < -0.39 is 0 Å². The molecular formula is C17H14N2OS. The van der Waals surface area contributed by atoms with Crippen LogP contribution in [0.4, 0.5) is 0 Å². The Kier molecular flexibility index (Phi) is 3.04. The lowest BCUT2D eigenvalue weighted by molar-refractivity contribution is 0.603. The van der Waals surface area contributed by atoms with Crippen molar-refractivity contribution in [1.29, 1.82) is 0 Å². The van der Waals surface area contributed by atoms with Gasteiger partial charge in [-0.2, -0.15) is 5.10 Å². The Morgan fingerprint density at radius 2 is 1.95 bits per heavy atom. The monoisotopic (exact) mass is 294 g/mol. The summed E-state index contributed by atoms with van der Waals surface area (Å²) in [5.74, 6) is 0. The summed E-state index contributed by atoms with van der Waals surface area (Å²) < 4.78 is 1.96. The molecule has 1 aliphatic heterocycles. The lowest BCUT2D eigenvalue weighted by Gasteiger charge is -2.13. The number of fused-ring (bicyclic) bond motifs is 2. The molecule has 0 radical (unpaired) electrons. The van der Waals surface area contributed by atoms with Crippen molar-refractivity contribution in [2.45, 2.75) is 23.1 Å². The summed E-state index contributed by atoms with van der Waals surface area (Å²) in [5, 5.41) is 5.54. The van der Waals surface area contributed by atoms with Crippen LogP contribution in [-0.2, 0) is 13.0 Å². The second kappa shape index (κ2) is 5.04. The quantitative estimate of drug-likeness (QED) is 0.728. The minimum absolute atomic E-state index is 0.00999. The third-order valence-electron chi connectivity index (χ3n) is 3.85. The van der Waals surface area contributed by atoms with Gasteiger partial charge in [0.15, 0.2) is 0 Å². The van der Waals surface area contributed by atoms with Crippen LogP contribution in [0.5, 0.6) is 0 Å². The highest BCUT2D eigenvalue weighted by atomic mass is 32.2. The normalized spacial score (nSPS) is 17.0. The largest absolute Gasteiger partial charge is 0.287 e. The molecule has 4 rings (SSSR count). The molecule has 1 atom stereocenters. The van der Waals surface area contributed by atoms with E-state index in [9.17, 15) is 4.79 Å². The SMILES string of the molecule is O=c1cnn(CC2Cc3ccccc3S2)c2ccccc12. The molecule has 2 heterocycles. The number of nitrogens with zero attached hydrogens (tertiary/aromatic N) is 2. The first kappa shape index (κ1) is 12.7. The smallest absolute Gasteiger partial charge is 0.207 e. The van der Waals surface area contributed by atoms with Crippen LogP contribution in [0.3, 0.4) is 0 Å². The topological polar surface area (TPSA) is 34.9 Å². The Balaban J connectivity index is 1.68. The fourth-order valence-corrected chi connectivity index (χ4v) is 4.15. The zero-order valence-electron chi connectivity index (χ0n) is 11.4. The molecule has 21 heavy (non-hydrogen) atoms. The maximum atomic E-state index is 11.9. The molecule has 0 fully saturated rings. The van der Waals surface area contributed by atoms with Gasteiger partial charge in [-0.15, -0.1) is 11.8 Å². The Morgan fingerprint density at radius 3 is 2.86 bits per heavy atom. The standard InChI is InChI=1S/C17H14N2OS/c20-16-10-18-19(15-7-3-2-6-14(15)16)11-13-9-12-5-1-4-8-17(12)21-13/h1-8,10,13H,9,11H2. The summed E-state index contributed by atoms with van der Waals surface area (Å²) in [7, 11) is 0. The van der Waals surface area contributed by atoms with Gasteiger partial charge in [0.25, 0.3) is 0 Å². The van der Waals surface area contributed by atoms with Gasteiger partial charge >= 0.3 is 0 Å². The first-order valence-corrected chi connectivity index (χ1v) is 7.89. The van der Waals surface area contributed by atoms with Crippen LogP contribution in [0.1, 0.15) is 5.56 Å². The molecule has 3 aromatic rings. The van der Waals surface area contributed by atoms with Crippen molar-refractivity contribution in [3.63, 3.8) is 0 Å². The van der Waals surface area contributed by atoms with Crippen LogP contribution in [-0.4, -0.2) is 15.0 Å². The van der Waals surface area contributed by atoms with E-state index >= 15 is 0 Å². The van der Waals surface area contributed by atoms with Gasteiger partial charge in [-0.25, -0.2) is 0 Å². The van der Waals surface area contributed by atoms with Crippen LogP contribution >= 0.6 is 11.8 Å². The van der Waals surface area contributed by atoms with Crippen LogP contribution in [0, 0.1) is 0 Å². The molecule has 0 bridgehead atoms. The number of benzene rings is 2. The van der Waals surface area contributed by atoms with Crippen LogP contribution < -0.4 is 5.43 Å². The number of hydrogen-bond acceptors (Lipinski definition) is 3. The van der Waals surface area contributed by atoms with Gasteiger partial charge < -0.3 is 0 Å². The fourth-order valence-electron chi connectivity index (χ4n) is 2.86. The number of thioether (sulfide) groups is 1. The van der Waals surface area contributed by atoms with E-state index in [0.29, 0.717) is 5.25 Å². The third-order valence-corrected chi connectivity index (χ3v) is 5.15. The first-order chi connectivity index (χ1) is 10.3. The molecule has 0 N–H and O–H groups in total. The van der Waals surface area contributed by atoms with Gasteiger partial charge in [-0.1, -0.05) is 30.3 Å². The molecule has 104 valence electrons. The van der Waals surface area contributed by atoms with E-state index in [-0.39, 0.29) is 5.43 Å². The highest BCUT2D eigenvalue weighted by Crippen LogP contribution is 2.37. The van der Waals surface area contributed by atoms with Gasteiger partial charge in [0.1, 0.15) is 0 Å². The molecule has 1 aliphatic rings. The molecule has 0 spiro atoms. The van der Waals surface area contributed by atoms with Crippen molar-refractivity contribution in [2.75, 3.05) is 0 Å². The molecule has 4 heteroatoms. The fraction of sp³-hybridized carbons (Fsp3) is 0.176. The number of para-hydroxylation sites is 1. The summed E-state index contributed by atoms with van der Waals surface area (Å²) >= 11 is 1.90. The average molecular weight is 294 g/mol. The number of rotatable bonds is 2. The minimum Gasteiger partial charge on any atom is -0.287 e. The lowest BCUT2D eigenvalue weighted by atomic mass is 10.1. The van der Waals surface area contributed by atoms with Crippen molar-refractivity contribution in [3.05, 3.63) is 70.5 Å². The van der Waals surface area contributed by atoms with Crippen molar-refractivity contribution >= 4 is 22.7 Å². The van der Waals surface area contributed by atoms with Crippen LogP contribution in [0.2, 0.25) is 0 Å². The molecule has 0 saturated heterocycles. The molecular weight excluding hydrogens is 280 g/mol. The zero-order valence-corrected chi connectivity index (χ0v) is 12.2. The Morgan fingerprint density at radius 1 is 1.14 bits per heavy atom. The number of aromatic nitrogens is 2. The molecule has 3 nitrogen and oxygen atoms in total. The summed E-state index contributed by atoms with van der Waals surface area (Å²) in [6.45, 7) is 0.820. The van der Waals surface area contributed by atoms with Gasteiger partial charge in [0.2, 0.25) is 5.43 Å². The summed E-state index contributed by atoms with van der Waals surface area (Å²) in [4.78, 5) is 13.2. The van der Waals surface area contributed by atoms with E-state index in [4.69, 9.17) is 0 Å². The highest BCUT2D eigenvalue weighted by molar-refractivity contribution is 8.00. The van der Waals surface area contributed by atoms with Crippen molar-refractivity contribution < 1.29 is 0 Å². The van der Waals surface area contributed by atoms with E-state index in [1.807, 2.05) is 40.7 Å². The molecule has 1 unspecified atom stereocenters. The Hall–Kier alpha value is -2.07. The van der Waals surface area contributed by atoms with Gasteiger partial charge in [-0.05, 0) is 30.2 Å². The van der Waals surface area contributed by atoms with Crippen molar-refractivity contribution in [3.8, 4) is 0 Å². The molecule has 1 aromatic heterocycles. The molecule has 0 saturated carbocycles. The van der Waals surface area contributed by atoms with Crippen LogP contribution in [0.15, 0.2) is 64.4 Å². The second-order valence-corrected chi connectivity index (χ2v) is 6.60. The van der Waals surface area contributed by atoms with Crippen molar-refractivity contribution in [2.24, 2.45) is 0 Å². The highest BCUT2D eigenvalue weighted by Gasteiger charge is 2.22. The minimum atomic E-state index is -0.00999. The predicted molar refractivity (Wildman–Crippen MR) is 85.8 cm³/mol.